The Kier molecular flexibility index (Phi) is 9.30. The van der Waals surface area contributed by atoms with Gasteiger partial charge in [0, 0.05) is 11.9 Å². The minimum Gasteiger partial charge on any atom is -0.353 e. The first-order valence-electron chi connectivity index (χ1n) is 6.51. The summed E-state index contributed by atoms with van der Waals surface area (Å²) in [5.41, 5.74) is 5.36. The van der Waals surface area contributed by atoms with Gasteiger partial charge < -0.3 is 11.1 Å². The van der Waals surface area contributed by atoms with Crippen molar-refractivity contribution >= 4 is 28.8 Å². The largest absolute Gasteiger partial charge is 0.353 e. The lowest BCUT2D eigenvalue weighted by atomic mass is 9.84. The van der Waals surface area contributed by atoms with Crippen LogP contribution in [0.4, 0.5) is 0 Å². The van der Waals surface area contributed by atoms with Crippen LogP contribution >= 0.6 is 9.24 Å². The predicted octanol–water partition coefficient (Wildman–Crippen LogP) is 0.933. The van der Waals surface area contributed by atoms with Gasteiger partial charge in [-0.1, -0.05) is 39.5 Å². The molecule has 4 nitrogen and oxygen atoms in total. The van der Waals surface area contributed by atoms with Crippen molar-refractivity contribution in [3.63, 3.8) is 0 Å². The highest BCUT2D eigenvalue weighted by atomic mass is 31.0. The van der Waals surface area contributed by atoms with Crippen molar-refractivity contribution in [3.8, 4) is 0 Å². The Hall–Kier alpha value is -0.405. The van der Waals surface area contributed by atoms with E-state index in [0.717, 1.165) is 19.3 Å². The predicted molar refractivity (Wildman–Crippen MR) is 78.3 cm³/mol. The number of carbonyl (C=O) groups excluding carboxylic acids is 2. The van der Waals surface area contributed by atoms with E-state index in [1.807, 2.05) is 6.92 Å². The summed E-state index contributed by atoms with van der Waals surface area (Å²) < 4.78 is 0. The van der Waals surface area contributed by atoms with Gasteiger partial charge in [0.1, 0.15) is 13.6 Å². The lowest BCUT2D eigenvalue weighted by Crippen LogP contribution is -2.48. The number of Topliss-reactive ketones (excluding diaryl/α,β-unsaturated/α-hetero) is 1. The van der Waals surface area contributed by atoms with Crippen LogP contribution in [-0.2, 0) is 9.59 Å². The molecule has 0 fully saturated rings. The van der Waals surface area contributed by atoms with Gasteiger partial charge in [0.05, 0.1) is 5.78 Å². The smallest absolute Gasteiger partial charge is 0.240 e. The molecule has 1 amide bonds. The number of nitrogens with one attached hydrogen (secondary N) is 1. The van der Waals surface area contributed by atoms with E-state index in [4.69, 9.17) is 13.6 Å². The fourth-order valence-corrected chi connectivity index (χ4v) is 1.74. The summed E-state index contributed by atoms with van der Waals surface area (Å²) in [7, 11) is 7.80. The van der Waals surface area contributed by atoms with Crippen molar-refractivity contribution in [1.29, 1.82) is 0 Å². The number of hydrogen-bond donors (Lipinski definition) is 2. The Morgan fingerprint density at radius 2 is 1.94 bits per heavy atom. The number of carbonyl (C=O) groups is 2. The van der Waals surface area contributed by atoms with Crippen LogP contribution in [0.25, 0.3) is 0 Å². The zero-order valence-electron chi connectivity index (χ0n) is 11.3. The van der Waals surface area contributed by atoms with E-state index in [-0.39, 0.29) is 11.7 Å². The normalized spacial score (nSPS) is 15.8. The maximum atomic E-state index is 11.9. The molecule has 0 aromatic carbocycles. The molecule has 102 valence electrons. The van der Waals surface area contributed by atoms with Gasteiger partial charge in [0.2, 0.25) is 5.91 Å². The van der Waals surface area contributed by atoms with E-state index in [2.05, 4.69) is 21.5 Å². The van der Waals surface area contributed by atoms with Crippen LogP contribution in [-0.4, -0.2) is 31.3 Å². The fraction of sp³-hybridized carbons (Fsp3) is 0.833. The zero-order chi connectivity index (χ0) is 14.1. The summed E-state index contributed by atoms with van der Waals surface area (Å²) in [5.74, 6) is -2.38. The molecule has 0 saturated heterocycles. The first-order valence-corrected chi connectivity index (χ1v) is 7.17. The first-order chi connectivity index (χ1) is 8.40. The van der Waals surface area contributed by atoms with Crippen molar-refractivity contribution in [1.82, 2.24) is 5.32 Å². The third-order valence-corrected chi connectivity index (χ3v) is 3.19. The SMILES string of the molecule is [B]C(NC(=O)C(N)P)C(=O)C(C)CCCCCC. The van der Waals surface area contributed by atoms with Gasteiger partial charge in [-0.2, -0.15) is 0 Å². The van der Waals surface area contributed by atoms with Crippen molar-refractivity contribution in [3.05, 3.63) is 0 Å². The van der Waals surface area contributed by atoms with Crippen molar-refractivity contribution in [2.45, 2.75) is 57.7 Å². The number of amides is 1. The number of unbranched alkanes of at least 4 members (excludes halogenated alkanes) is 3. The fourth-order valence-electron chi connectivity index (χ4n) is 1.65. The average Bonchev–Trinajstić information content (AvgIpc) is 2.33. The monoisotopic (exact) mass is 270 g/mol. The van der Waals surface area contributed by atoms with Gasteiger partial charge >= 0.3 is 0 Å². The van der Waals surface area contributed by atoms with Gasteiger partial charge in [-0.15, -0.1) is 9.24 Å². The van der Waals surface area contributed by atoms with Crippen LogP contribution in [0.5, 0.6) is 0 Å². The Morgan fingerprint density at radius 1 is 1.33 bits per heavy atom. The molecule has 3 N–H and O–H groups in total. The molecular weight excluding hydrogens is 246 g/mol. The third kappa shape index (κ3) is 7.12. The Bertz CT molecular complexity index is 275. The minimum atomic E-state index is -0.953. The Labute approximate surface area is 113 Å². The van der Waals surface area contributed by atoms with Crippen LogP contribution < -0.4 is 11.1 Å². The molecule has 0 aromatic rings. The molecule has 0 rings (SSSR count). The number of rotatable bonds is 9. The molecule has 0 spiro atoms. The first kappa shape index (κ1) is 17.6. The standard InChI is InChI=1S/C12H24BN2O2P/c1-3-4-5-6-7-8(2)9(16)10(13)15-12(17)11(14)18/h8,10-11H,3-7,14,18H2,1-2H3,(H,15,17). The highest BCUT2D eigenvalue weighted by molar-refractivity contribution is 7.19. The molecule has 6 heteroatoms. The Morgan fingerprint density at radius 3 is 2.44 bits per heavy atom. The topological polar surface area (TPSA) is 72.2 Å². The summed E-state index contributed by atoms with van der Waals surface area (Å²) in [6, 6.07) is 0. The molecule has 2 radical (unpaired) electrons. The van der Waals surface area contributed by atoms with E-state index in [1.54, 1.807) is 0 Å². The molecule has 0 aliphatic carbocycles. The number of hydrogen-bond acceptors (Lipinski definition) is 3. The van der Waals surface area contributed by atoms with Gasteiger partial charge in [-0.05, 0) is 6.42 Å². The van der Waals surface area contributed by atoms with Crippen molar-refractivity contribution < 1.29 is 9.59 Å². The summed E-state index contributed by atoms with van der Waals surface area (Å²) >= 11 is 0. The number of ketones is 1. The van der Waals surface area contributed by atoms with Crippen LogP contribution in [0.1, 0.15) is 46.0 Å². The van der Waals surface area contributed by atoms with E-state index >= 15 is 0 Å². The lowest BCUT2D eigenvalue weighted by molar-refractivity contribution is -0.127. The van der Waals surface area contributed by atoms with Crippen LogP contribution in [0.15, 0.2) is 0 Å². The van der Waals surface area contributed by atoms with Crippen LogP contribution in [0.2, 0.25) is 0 Å². The summed E-state index contributed by atoms with van der Waals surface area (Å²) in [6.07, 6.45) is 5.32. The van der Waals surface area contributed by atoms with E-state index in [1.165, 1.54) is 12.8 Å². The number of nitrogens with two attached hydrogens (primary N) is 1. The Balaban J connectivity index is 4.00. The molecule has 0 saturated carbocycles. The molecule has 0 aliphatic heterocycles. The van der Waals surface area contributed by atoms with Crippen LogP contribution in [0.3, 0.4) is 0 Å². The maximum Gasteiger partial charge on any atom is 0.240 e. The third-order valence-electron chi connectivity index (χ3n) is 2.88. The van der Waals surface area contributed by atoms with Gasteiger partial charge in [0.25, 0.3) is 0 Å². The molecule has 18 heavy (non-hydrogen) atoms. The molecule has 4 atom stereocenters. The molecule has 0 aliphatic rings. The van der Waals surface area contributed by atoms with E-state index in [0.29, 0.717) is 0 Å². The van der Waals surface area contributed by atoms with E-state index < -0.39 is 17.6 Å². The van der Waals surface area contributed by atoms with Crippen molar-refractivity contribution in [2.75, 3.05) is 0 Å². The molecular formula is C12H24BN2O2P. The lowest BCUT2D eigenvalue weighted by Gasteiger charge is -2.19. The highest BCUT2D eigenvalue weighted by Gasteiger charge is 2.21. The van der Waals surface area contributed by atoms with Crippen molar-refractivity contribution in [2.24, 2.45) is 11.7 Å². The molecule has 0 heterocycles. The van der Waals surface area contributed by atoms with Crippen LogP contribution in [0, 0.1) is 5.92 Å². The molecule has 0 bridgehead atoms. The van der Waals surface area contributed by atoms with Gasteiger partial charge in [-0.3, -0.25) is 9.59 Å². The summed E-state index contributed by atoms with van der Waals surface area (Å²) in [6.45, 7) is 3.99. The molecule has 0 aromatic heterocycles. The second-order valence-electron chi connectivity index (χ2n) is 4.66. The quantitative estimate of drug-likeness (QED) is 0.372. The minimum absolute atomic E-state index is 0.127. The average molecular weight is 270 g/mol. The second-order valence-corrected chi connectivity index (χ2v) is 5.38. The molecule has 4 unspecified atom stereocenters. The van der Waals surface area contributed by atoms with Gasteiger partial charge in [0.15, 0.2) is 0 Å². The van der Waals surface area contributed by atoms with Gasteiger partial charge in [-0.25, -0.2) is 0 Å². The zero-order valence-corrected chi connectivity index (χ0v) is 12.5. The highest BCUT2D eigenvalue weighted by Crippen LogP contribution is 2.12. The summed E-state index contributed by atoms with van der Waals surface area (Å²) in [4.78, 5) is 23.2. The summed E-state index contributed by atoms with van der Waals surface area (Å²) in [5, 5.41) is 2.41. The maximum absolute atomic E-state index is 11.9. The second kappa shape index (κ2) is 9.52. The van der Waals surface area contributed by atoms with E-state index in [9.17, 15) is 9.59 Å².